The molecule has 0 aliphatic heterocycles. The summed E-state index contributed by atoms with van der Waals surface area (Å²) in [6.07, 6.45) is -4.53. The molecule has 0 aliphatic carbocycles. The van der Waals surface area contributed by atoms with Gasteiger partial charge in [-0.3, -0.25) is 0 Å². The topological polar surface area (TPSA) is 115 Å². The molecule has 0 spiro atoms. The number of rotatable bonds is 3. The summed E-state index contributed by atoms with van der Waals surface area (Å²) in [4.78, 5) is 19.5. The number of aliphatic carboxylic acids is 2. The Morgan fingerprint density at radius 2 is 1.09 bits per heavy atom. The van der Waals surface area contributed by atoms with Gasteiger partial charge >= 0.3 is 11.9 Å². The fraction of sp³-hybridized carbons (Fsp3) is 0.500. The summed E-state index contributed by atoms with van der Waals surface area (Å²) in [6.45, 7) is 0. The molecule has 0 saturated heterocycles. The van der Waals surface area contributed by atoms with Gasteiger partial charge in [-0.15, -0.1) is 0 Å². The first-order valence-electron chi connectivity index (χ1n) is 2.28. The van der Waals surface area contributed by atoms with Gasteiger partial charge in [-0.1, -0.05) is 0 Å². The summed E-state index contributed by atoms with van der Waals surface area (Å²) in [5, 5.41) is 32.5. The van der Waals surface area contributed by atoms with E-state index in [9.17, 15) is 9.59 Å². The average Bonchev–Trinajstić information content (AvgIpc) is 1.84. The first kappa shape index (κ1) is 13.1. The molecule has 0 saturated carbocycles. The van der Waals surface area contributed by atoms with Gasteiger partial charge in [0.2, 0.25) is 0 Å². The Bertz CT molecular complexity index is 139. The van der Waals surface area contributed by atoms with Gasteiger partial charge in [0.25, 0.3) is 0 Å². The van der Waals surface area contributed by atoms with Crippen LogP contribution in [0.2, 0.25) is 0 Å². The zero-order chi connectivity index (χ0) is 8.31. The summed E-state index contributed by atoms with van der Waals surface area (Å²) >= 11 is 0. The van der Waals surface area contributed by atoms with Crippen molar-refractivity contribution in [3.63, 3.8) is 0 Å². The second-order valence-electron chi connectivity index (χ2n) is 1.57. The normalized spacial score (nSPS) is 14.4. The van der Waals surface area contributed by atoms with Gasteiger partial charge < -0.3 is 20.4 Å². The van der Waals surface area contributed by atoms with Crippen LogP contribution >= 0.6 is 0 Å². The SMILES string of the molecule is O=C(O)[C@H](O)[C@@H](O)C(=O)O.[Zn]. The van der Waals surface area contributed by atoms with E-state index in [2.05, 4.69) is 0 Å². The molecule has 11 heavy (non-hydrogen) atoms. The number of aliphatic hydroxyl groups excluding tert-OH is 2. The van der Waals surface area contributed by atoms with E-state index in [1.807, 2.05) is 0 Å². The van der Waals surface area contributed by atoms with Crippen molar-refractivity contribution in [3.8, 4) is 0 Å². The molecule has 0 aliphatic rings. The van der Waals surface area contributed by atoms with Gasteiger partial charge in [0.1, 0.15) is 0 Å². The van der Waals surface area contributed by atoms with Gasteiger partial charge in [0, 0.05) is 19.5 Å². The summed E-state index contributed by atoms with van der Waals surface area (Å²) in [6, 6.07) is 0. The van der Waals surface area contributed by atoms with Crippen LogP contribution in [0.4, 0.5) is 0 Å². The van der Waals surface area contributed by atoms with Crippen LogP contribution in [0, 0.1) is 0 Å². The molecule has 7 heteroatoms. The third-order valence-corrected chi connectivity index (χ3v) is 0.805. The van der Waals surface area contributed by atoms with Crippen LogP contribution < -0.4 is 0 Å². The number of carbonyl (C=O) groups is 2. The quantitative estimate of drug-likeness (QED) is 0.400. The number of hydrogen-bond acceptors (Lipinski definition) is 4. The molecule has 0 unspecified atom stereocenters. The molecule has 0 bridgehead atoms. The third kappa shape index (κ3) is 4.03. The summed E-state index contributed by atoms with van der Waals surface area (Å²) < 4.78 is 0. The van der Waals surface area contributed by atoms with Crippen LogP contribution in [0.25, 0.3) is 0 Å². The van der Waals surface area contributed by atoms with E-state index in [1.54, 1.807) is 0 Å². The van der Waals surface area contributed by atoms with E-state index in [-0.39, 0.29) is 19.5 Å². The third-order valence-electron chi connectivity index (χ3n) is 0.805. The van der Waals surface area contributed by atoms with E-state index in [1.165, 1.54) is 0 Å². The Kier molecular flexibility index (Phi) is 6.16. The zero-order valence-electron chi connectivity index (χ0n) is 5.47. The van der Waals surface area contributed by atoms with Crippen molar-refractivity contribution in [2.45, 2.75) is 12.2 Å². The van der Waals surface area contributed by atoms with Crippen molar-refractivity contribution in [3.05, 3.63) is 0 Å². The first-order valence-corrected chi connectivity index (χ1v) is 2.28. The maximum absolute atomic E-state index is 9.77. The van der Waals surface area contributed by atoms with Crippen LogP contribution in [0.5, 0.6) is 0 Å². The molecule has 2 atom stereocenters. The predicted octanol–water partition coefficient (Wildman–Crippen LogP) is -2.13. The summed E-state index contributed by atoms with van der Waals surface area (Å²) in [7, 11) is 0. The predicted molar refractivity (Wildman–Crippen MR) is 27.3 cm³/mol. The molecule has 0 fully saturated rings. The molecule has 0 aromatic carbocycles. The monoisotopic (exact) mass is 214 g/mol. The van der Waals surface area contributed by atoms with Crippen LogP contribution in [-0.2, 0) is 29.1 Å². The number of hydrogen-bond donors (Lipinski definition) is 4. The molecule has 0 radical (unpaired) electrons. The standard InChI is InChI=1S/C4H6O6.Zn/c5-1(3(7)8)2(6)4(9)10;/h1-2,5-6H,(H,7,8)(H,9,10);/t1-,2-;/m1./s1. The second kappa shape index (κ2) is 5.18. The molecule has 0 aromatic heterocycles. The molecule has 0 heterocycles. The Hall–Kier alpha value is -0.517. The minimum Gasteiger partial charge on any atom is -0.479 e. The molecule has 4 N–H and O–H groups in total. The van der Waals surface area contributed by atoms with E-state index in [0.29, 0.717) is 0 Å². The van der Waals surface area contributed by atoms with Crippen LogP contribution in [-0.4, -0.2) is 44.6 Å². The van der Waals surface area contributed by atoms with Crippen LogP contribution in [0.3, 0.4) is 0 Å². The Morgan fingerprint density at radius 1 is 0.909 bits per heavy atom. The van der Waals surface area contributed by atoms with Gasteiger partial charge in [-0.2, -0.15) is 0 Å². The van der Waals surface area contributed by atoms with Crippen molar-refractivity contribution in [1.82, 2.24) is 0 Å². The van der Waals surface area contributed by atoms with Crippen LogP contribution in [0.15, 0.2) is 0 Å². The second-order valence-corrected chi connectivity index (χ2v) is 1.57. The van der Waals surface area contributed by atoms with Crippen molar-refractivity contribution >= 4 is 11.9 Å². The summed E-state index contributed by atoms with van der Waals surface area (Å²) in [5.74, 6) is -3.54. The van der Waals surface area contributed by atoms with Gasteiger partial charge in [0.05, 0.1) is 0 Å². The Morgan fingerprint density at radius 3 is 1.18 bits per heavy atom. The van der Waals surface area contributed by atoms with E-state index < -0.39 is 24.1 Å². The number of carboxylic acid groups (broad SMARTS) is 2. The molecular weight excluding hydrogens is 209 g/mol. The number of aliphatic hydroxyl groups is 2. The Labute approximate surface area is 74.2 Å². The fourth-order valence-electron chi connectivity index (χ4n) is 0.270. The first-order chi connectivity index (χ1) is 4.46. The van der Waals surface area contributed by atoms with Crippen LogP contribution in [0.1, 0.15) is 0 Å². The molecule has 6 nitrogen and oxygen atoms in total. The zero-order valence-corrected chi connectivity index (χ0v) is 8.43. The molecular formula is C4H6O6Zn. The Balaban J connectivity index is 0. The van der Waals surface area contributed by atoms with Crippen molar-refractivity contribution < 1.29 is 49.5 Å². The minimum atomic E-state index is -2.27. The van der Waals surface area contributed by atoms with Crippen molar-refractivity contribution in [2.75, 3.05) is 0 Å². The van der Waals surface area contributed by atoms with Crippen molar-refractivity contribution in [1.29, 1.82) is 0 Å². The molecule has 0 rings (SSSR count). The van der Waals surface area contributed by atoms with Gasteiger partial charge in [-0.05, 0) is 0 Å². The van der Waals surface area contributed by atoms with E-state index >= 15 is 0 Å². The van der Waals surface area contributed by atoms with Crippen molar-refractivity contribution in [2.24, 2.45) is 0 Å². The van der Waals surface area contributed by atoms with Gasteiger partial charge in [0.15, 0.2) is 12.2 Å². The largest absolute Gasteiger partial charge is 0.479 e. The molecule has 0 amide bonds. The molecule has 0 aromatic rings. The van der Waals surface area contributed by atoms with Gasteiger partial charge in [-0.25, -0.2) is 9.59 Å². The molecule has 60 valence electrons. The maximum atomic E-state index is 9.77. The smallest absolute Gasteiger partial charge is 0.335 e. The number of carboxylic acids is 2. The summed E-state index contributed by atoms with van der Waals surface area (Å²) in [5.41, 5.74) is 0. The minimum absolute atomic E-state index is 0. The van der Waals surface area contributed by atoms with E-state index in [4.69, 9.17) is 20.4 Å². The maximum Gasteiger partial charge on any atom is 0.335 e. The van der Waals surface area contributed by atoms with E-state index in [0.717, 1.165) is 0 Å². The average molecular weight is 215 g/mol. The fourth-order valence-corrected chi connectivity index (χ4v) is 0.270.